The molecule has 0 aliphatic carbocycles. The number of methoxy groups -OCH3 is 1. The molecular formula is C10H12O. The van der Waals surface area contributed by atoms with Gasteiger partial charge in [-0.25, -0.2) is 0 Å². The van der Waals surface area contributed by atoms with Crippen molar-refractivity contribution in [1.29, 1.82) is 0 Å². The summed E-state index contributed by atoms with van der Waals surface area (Å²) >= 11 is 0. The summed E-state index contributed by atoms with van der Waals surface area (Å²) in [6.07, 6.45) is 1.81. The second-order valence-electron chi connectivity index (χ2n) is 2.30. The molecule has 0 amide bonds. The van der Waals surface area contributed by atoms with Crippen LogP contribution in [-0.4, -0.2) is 7.11 Å². The molecule has 0 heterocycles. The summed E-state index contributed by atoms with van der Waals surface area (Å²) in [5.41, 5.74) is 1.14. The highest BCUT2D eigenvalue weighted by molar-refractivity contribution is 5.20. The fraction of sp³-hybridized carbons (Fsp3) is 0.200. The first-order valence-electron chi connectivity index (χ1n) is 3.58. The number of ether oxygens (including phenoxy) is 1. The van der Waals surface area contributed by atoms with Gasteiger partial charge in [0.15, 0.2) is 0 Å². The highest BCUT2D eigenvalue weighted by Gasteiger charge is 2.02. The van der Waals surface area contributed by atoms with Crippen LogP contribution < -0.4 is 0 Å². The molecule has 0 saturated carbocycles. The average Bonchev–Trinajstić information content (AvgIpc) is 2.09. The predicted octanol–water partition coefficient (Wildman–Crippen LogP) is 2.56. The summed E-state index contributed by atoms with van der Waals surface area (Å²) in [5, 5.41) is 0. The molecule has 1 rings (SSSR count). The summed E-state index contributed by atoms with van der Waals surface area (Å²) in [4.78, 5) is 0. The Balaban J connectivity index is 2.82. The summed E-state index contributed by atoms with van der Waals surface area (Å²) in [6.45, 7) is 3.68. The van der Waals surface area contributed by atoms with Crippen LogP contribution in [0.3, 0.4) is 0 Å². The topological polar surface area (TPSA) is 9.23 Å². The SMILES string of the molecule is C=C[C@@H](OC)c1ccccc1. The Morgan fingerprint density at radius 1 is 1.36 bits per heavy atom. The van der Waals surface area contributed by atoms with Gasteiger partial charge in [0.1, 0.15) is 0 Å². The third-order valence-corrected chi connectivity index (χ3v) is 1.60. The first-order chi connectivity index (χ1) is 5.38. The molecule has 0 radical (unpaired) electrons. The van der Waals surface area contributed by atoms with Gasteiger partial charge in [-0.05, 0) is 5.56 Å². The van der Waals surface area contributed by atoms with Gasteiger partial charge >= 0.3 is 0 Å². The fourth-order valence-electron chi connectivity index (χ4n) is 1.01. The first-order valence-corrected chi connectivity index (χ1v) is 3.58. The minimum atomic E-state index is 0.0243. The Bertz CT molecular complexity index is 216. The fourth-order valence-corrected chi connectivity index (χ4v) is 1.01. The molecule has 0 aromatic heterocycles. The minimum Gasteiger partial charge on any atom is -0.373 e. The van der Waals surface area contributed by atoms with E-state index in [1.165, 1.54) is 0 Å². The molecule has 0 unspecified atom stereocenters. The molecule has 1 nitrogen and oxygen atoms in total. The van der Waals surface area contributed by atoms with E-state index in [0.29, 0.717) is 0 Å². The van der Waals surface area contributed by atoms with E-state index >= 15 is 0 Å². The quantitative estimate of drug-likeness (QED) is 0.598. The third-order valence-electron chi connectivity index (χ3n) is 1.60. The summed E-state index contributed by atoms with van der Waals surface area (Å²) in [5.74, 6) is 0. The predicted molar refractivity (Wildman–Crippen MR) is 46.4 cm³/mol. The van der Waals surface area contributed by atoms with Crippen LogP contribution in [0.4, 0.5) is 0 Å². The van der Waals surface area contributed by atoms with Crippen LogP contribution in [0.1, 0.15) is 11.7 Å². The molecule has 0 N–H and O–H groups in total. The molecule has 0 bridgehead atoms. The van der Waals surface area contributed by atoms with Crippen molar-refractivity contribution in [1.82, 2.24) is 0 Å². The molecule has 0 aliphatic rings. The van der Waals surface area contributed by atoms with Crippen molar-refractivity contribution in [3.63, 3.8) is 0 Å². The van der Waals surface area contributed by atoms with Crippen molar-refractivity contribution in [2.45, 2.75) is 6.10 Å². The smallest absolute Gasteiger partial charge is 0.1000 e. The molecule has 11 heavy (non-hydrogen) atoms. The molecule has 1 aromatic carbocycles. The number of hydrogen-bond donors (Lipinski definition) is 0. The van der Waals surface area contributed by atoms with E-state index in [-0.39, 0.29) is 6.10 Å². The second-order valence-corrected chi connectivity index (χ2v) is 2.30. The molecule has 0 spiro atoms. The Morgan fingerprint density at radius 2 is 2.00 bits per heavy atom. The maximum atomic E-state index is 5.17. The second kappa shape index (κ2) is 3.94. The van der Waals surface area contributed by atoms with E-state index in [2.05, 4.69) is 6.58 Å². The maximum absolute atomic E-state index is 5.17. The van der Waals surface area contributed by atoms with E-state index in [4.69, 9.17) is 4.74 Å². The van der Waals surface area contributed by atoms with Gasteiger partial charge in [-0.2, -0.15) is 0 Å². The third kappa shape index (κ3) is 1.92. The zero-order valence-corrected chi connectivity index (χ0v) is 6.66. The first kappa shape index (κ1) is 8.02. The lowest BCUT2D eigenvalue weighted by Gasteiger charge is -2.09. The zero-order valence-electron chi connectivity index (χ0n) is 6.66. The van der Waals surface area contributed by atoms with Crippen molar-refractivity contribution in [3.05, 3.63) is 48.6 Å². The standard InChI is InChI=1S/C10H12O/c1-3-10(11-2)9-7-5-4-6-8-9/h3-8,10H,1H2,2H3/t10-/m1/s1. The van der Waals surface area contributed by atoms with Gasteiger partial charge in [0, 0.05) is 7.11 Å². The molecule has 58 valence electrons. The molecule has 1 heteroatoms. The Morgan fingerprint density at radius 3 is 2.45 bits per heavy atom. The molecule has 0 aliphatic heterocycles. The lowest BCUT2D eigenvalue weighted by molar-refractivity contribution is 0.143. The lowest BCUT2D eigenvalue weighted by Crippen LogP contribution is -1.95. The van der Waals surface area contributed by atoms with E-state index in [1.54, 1.807) is 13.2 Å². The van der Waals surface area contributed by atoms with Crippen LogP contribution in [0.15, 0.2) is 43.0 Å². The largest absolute Gasteiger partial charge is 0.373 e. The molecule has 0 saturated heterocycles. The number of benzene rings is 1. The Labute approximate surface area is 67.3 Å². The van der Waals surface area contributed by atoms with Crippen LogP contribution in [0, 0.1) is 0 Å². The van der Waals surface area contributed by atoms with Crippen LogP contribution in [0.25, 0.3) is 0 Å². The van der Waals surface area contributed by atoms with Gasteiger partial charge in [-0.1, -0.05) is 36.4 Å². The van der Waals surface area contributed by atoms with E-state index in [9.17, 15) is 0 Å². The zero-order chi connectivity index (χ0) is 8.10. The van der Waals surface area contributed by atoms with Gasteiger partial charge in [0.25, 0.3) is 0 Å². The van der Waals surface area contributed by atoms with Crippen LogP contribution in [0.5, 0.6) is 0 Å². The molecule has 1 aromatic rings. The van der Waals surface area contributed by atoms with Crippen molar-refractivity contribution in [2.24, 2.45) is 0 Å². The van der Waals surface area contributed by atoms with E-state index < -0.39 is 0 Å². The van der Waals surface area contributed by atoms with Crippen molar-refractivity contribution in [3.8, 4) is 0 Å². The highest BCUT2D eigenvalue weighted by Crippen LogP contribution is 2.15. The van der Waals surface area contributed by atoms with E-state index in [1.807, 2.05) is 30.3 Å². The van der Waals surface area contributed by atoms with Gasteiger partial charge in [0.05, 0.1) is 6.10 Å². The molecular weight excluding hydrogens is 136 g/mol. The molecule has 0 fully saturated rings. The summed E-state index contributed by atoms with van der Waals surface area (Å²) < 4.78 is 5.17. The highest BCUT2D eigenvalue weighted by atomic mass is 16.5. The average molecular weight is 148 g/mol. The van der Waals surface area contributed by atoms with Gasteiger partial charge < -0.3 is 4.74 Å². The van der Waals surface area contributed by atoms with Crippen molar-refractivity contribution < 1.29 is 4.74 Å². The summed E-state index contributed by atoms with van der Waals surface area (Å²) in [7, 11) is 1.68. The number of rotatable bonds is 3. The minimum absolute atomic E-state index is 0.0243. The normalized spacial score (nSPS) is 12.5. The Kier molecular flexibility index (Phi) is 2.87. The maximum Gasteiger partial charge on any atom is 0.1000 e. The van der Waals surface area contributed by atoms with Gasteiger partial charge in [-0.3, -0.25) is 0 Å². The van der Waals surface area contributed by atoms with Crippen LogP contribution in [0.2, 0.25) is 0 Å². The van der Waals surface area contributed by atoms with Gasteiger partial charge in [-0.15, -0.1) is 6.58 Å². The summed E-state index contributed by atoms with van der Waals surface area (Å²) in [6, 6.07) is 10.0. The monoisotopic (exact) mass is 148 g/mol. The number of hydrogen-bond acceptors (Lipinski definition) is 1. The van der Waals surface area contributed by atoms with Crippen LogP contribution in [-0.2, 0) is 4.74 Å². The van der Waals surface area contributed by atoms with Crippen molar-refractivity contribution in [2.75, 3.05) is 7.11 Å². The lowest BCUT2D eigenvalue weighted by atomic mass is 10.1. The Hall–Kier alpha value is -1.08. The van der Waals surface area contributed by atoms with Gasteiger partial charge in [0.2, 0.25) is 0 Å². The van der Waals surface area contributed by atoms with Crippen molar-refractivity contribution >= 4 is 0 Å². The van der Waals surface area contributed by atoms with Crippen LogP contribution >= 0.6 is 0 Å². The molecule has 1 atom stereocenters. The van der Waals surface area contributed by atoms with E-state index in [0.717, 1.165) is 5.56 Å².